The van der Waals surface area contributed by atoms with Crippen LogP contribution in [0.5, 0.6) is 0 Å². The predicted molar refractivity (Wildman–Crippen MR) is 55.3 cm³/mol. The second kappa shape index (κ2) is 4.47. The van der Waals surface area contributed by atoms with E-state index in [9.17, 15) is 8.42 Å². The fraction of sp³-hybridized carbons (Fsp3) is 0.444. The minimum absolute atomic E-state index is 0.226. The molecule has 0 aliphatic carbocycles. The fourth-order valence-corrected chi connectivity index (χ4v) is 2.24. The first-order valence-corrected chi connectivity index (χ1v) is 5.96. The van der Waals surface area contributed by atoms with Gasteiger partial charge in [0.15, 0.2) is 0 Å². The number of rotatable bonds is 4. The van der Waals surface area contributed by atoms with Gasteiger partial charge in [0.2, 0.25) is 10.0 Å². The maximum Gasteiger partial charge on any atom is 0.218 e. The molecule has 1 unspecified atom stereocenters. The van der Waals surface area contributed by atoms with Crippen molar-refractivity contribution in [1.82, 2.24) is 9.88 Å². The second-order valence-corrected chi connectivity index (χ2v) is 4.95. The molecule has 82 valence electrons. The highest BCUT2D eigenvalue weighted by molar-refractivity contribution is 7.88. The Labute approximate surface area is 88.9 Å². The summed E-state index contributed by atoms with van der Waals surface area (Å²) in [6.07, 6.45) is 5.07. The Hall–Kier alpha value is -1.32. The lowest BCUT2D eigenvalue weighted by atomic mass is 10.4. The van der Waals surface area contributed by atoms with Crippen molar-refractivity contribution in [3.05, 3.63) is 17.5 Å². The highest BCUT2D eigenvalue weighted by Crippen LogP contribution is 2.05. The highest BCUT2D eigenvalue weighted by Gasteiger charge is 2.16. The number of aromatic nitrogens is 1. The maximum atomic E-state index is 11.5. The predicted octanol–water partition coefficient (Wildman–Crippen LogP) is 0.424. The van der Waals surface area contributed by atoms with E-state index in [4.69, 9.17) is 10.9 Å². The van der Waals surface area contributed by atoms with Crippen LogP contribution in [0.3, 0.4) is 0 Å². The number of aryl methyl sites for hydroxylation is 1. The molecule has 0 saturated carbocycles. The number of nitrogens with one attached hydrogen (secondary N) is 1. The first-order valence-electron chi connectivity index (χ1n) is 4.31. The molecule has 0 bridgehead atoms. The van der Waals surface area contributed by atoms with Gasteiger partial charge in [0.05, 0.1) is 6.04 Å². The Morgan fingerprint density at radius 2 is 2.40 bits per heavy atom. The van der Waals surface area contributed by atoms with E-state index in [1.54, 1.807) is 19.9 Å². The van der Waals surface area contributed by atoms with Crippen LogP contribution < -0.4 is 4.72 Å². The third-order valence-corrected chi connectivity index (χ3v) is 3.01. The molecule has 1 heterocycles. The molecule has 1 rings (SSSR count). The molecule has 1 aromatic rings. The molecule has 15 heavy (non-hydrogen) atoms. The Morgan fingerprint density at radius 3 is 2.87 bits per heavy atom. The quantitative estimate of drug-likeness (QED) is 0.758. The maximum absolute atomic E-state index is 11.5. The van der Waals surface area contributed by atoms with Gasteiger partial charge in [-0.25, -0.2) is 13.1 Å². The minimum atomic E-state index is -3.45. The van der Waals surface area contributed by atoms with Crippen LogP contribution in [0.15, 0.2) is 10.6 Å². The van der Waals surface area contributed by atoms with E-state index in [2.05, 4.69) is 15.8 Å². The lowest BCUT2D eigenvalue weighted by Crippen LogP contribution is -2.32. The van der Waals surface area contributed by atoms with Crippen LogP contribution in [0.4, 0.5) is 0 Å². The lowest BCUT2D eigenvalue weighted by molar-refractivity contribution is 0.392. The second-order valence-electron chi connectivity index (χ2n) is 3.19. The number of terminal acetylenes is 1. The average molecular weight is 228 g/mol. The molecule has 0 aromatic carbocycles. The van der Waals surface area contributed by atoms with Gasteiger partial charge in [-0.05, 0) is 13.8 Å². The summed E-state index contributed by atoms with van der Waals surface area (Å²) < 4.78 is 30.1. The van der Waals surface area contributed by atoms with Crippen LogP contribution >= 0.6 is 0 Å². The van der Waals surface area contributed by atoms with Crippen LogP contribution in [0.2, 0.25) is 0 Å². The molecular formula is C9H12N2O3S. The van der Waals surface area contributed by atoms with E-state index < -0.39 is 16.1 Å². The molecule has 0 saturated heterocycles. The van der Waals surface area contributed by atoms with Crippen molar-refractivity contribution in [2.75, 3.05) is 0 Å². The van der Waals surface area contributed by atoms with Gasteiger partial charge in [0.1, 0.15) is 17.2 Å². The van der Waals surface area contributed by atoms with E-state index in [0.717, 1.165) is 0 Å². The highest BCUT2D eigenvalue weighted by atomic mass is 32.2. The van der Waals surface area contributed by atoms with Crippen molar-refractivity contribution in [3.8, 4) is 12.3 Å². The number of hydrogen-bond acceptors (Lipinski definition) is 4. The molecule has 1 aromatic heterocycles. The Bertz CT molecular complexity index is 470. The van der Waals surface area contributed by atoms with Gasteiger partial charge in [0, 0.05) is 6.07 Å². The topological polar surface area (TPSA) is 72.2 Å². The van der Waals surface area contributed by atoms with Gasteiger partial charge in [-0.3, -0.25) is 0 Å². The summed E-state index contributed by atoms with van der Waals surface area (Å²) in [7, 11) is -3.45. The molecular weight excluding hydrogens is 216 g/mol. The Morgan fingerprint density at radius 1 is 1.73 bits per heavy atom. The minimum Gasteiger partial charge on any atom is -0.361 e. The SMILES string of the molecule is C#CC(C)NS(=O)(=O)Cc1cc(C)on1. The van der Waals surface area contributed by atoms with Crippen LogP contribution in [0.25, 0.3) is 0 Å². The summed E-state index contributed by atoms with van der Waals surface area (Å²) in [5.74, 6) is 2.63. The Kier molecular flexibility index (Phi) is 3.50. The Balaban J connectivity index is 2.70. The third-order valence-electron chi connectivity index (χ3n) is 1.62. The zero-order valence-corrected chi connectivity index (χ0v) is 9.34. The van der Waals surface area contributed by atoms with E-state index in [1.165, 1.54) is 0 Å². The standard InChI is InChI=1S/C9H12N2O3S/c1-4-7(2)11-15(12,13)6-9-5-8(3)14-10-9/h1,5,7,11H,6H2,2-3H3. The first-order chi connectivity index (χ1) is 6.93. The monoisotopic (exact) mass is 228 g/mol. The van der Waals surface area contributed by atoms with Gasteiger partial charge in [-0.1, -0.05) is 11.1 Å². The van der Waals surface area contributed by atoms with Crippen LogP contribution in [0, 0.1) is 19.3 Å². The summed E-state index contributed by atoms with van der Waals surface area (Å²) in [6.45, 7) is 3.28. The van der Waals surface area contributed by atoms with E-state index in [0.29, 0.717) is 11.5 Å². The summed E-state index contributed by atoms with van der Waals surface area (Å²) in [4.78, 5) is 0. The molecule has 0 spiro atoms. The van der Waals surface area contributed by atoms with Crippen molar-refractivity contribution < 1.29 is 12.9 Å². The summed E-state index contributed by atoms with van der Waals surface area (Å²) in [5.41, 5.74) is 0.365. The smallest absolute Gasteiger partial charge is 0.218 e. The van der Waals surface area contributed by atoms with Gasteiger partial charge >= 0.3 is 0 Å². The van der Waals surface area contributed by atoms with Gasteiger partial charge in [0.25, 0.3) is 0 Å². The van der Waals surface area contributed by atoms with Crippen molar-refractivity contribution in [2.45, 2.75) is 25.6 Å². The molecule has 0 aliphatic heterocycles. The molecule has 6 heteroatoms. The molecule has 0 aliphatic rings. The van der Waals surface area contributed by atoms with E-state index >= 15 is 0 Å². The molecule has 0 amide bonds. The summed E-state index contributed by atoms with van der Waals surface area (Å²) in [6, 6.07) is 1.04. The summed E-state index contributed by atoms with van der Waals surface area (Å²) >= 11 is 0. The van der Waals surface area contributed by atoms with Gasteiger partial charge in [-0.15, -0.1) is 6.42 Å². The zero-order chi connectivity index (χ0) is 11.5. The van der Waals surface area contributed by atoms with Crippen molar-refractivity contribution in [1.29, 1.82) is 0 Å². The zero-order valence-electron chi connectivity index (χ0n) is 8.52. The number of hydrogen-bond donors (Lipinski definition) is 1. The molecule has 1 atom stereocenters. The fourth-order valence-electron chi connectivity index (χ4n) is 1.03. The van der Waals surface area contributed by atoms with Crippen LogP contribution in [0.1, 0.15) is 18.4 Å². The van der Waals surface area contributed by atoms with E-state index in [-0.39, 0.29) is 5.75 Å². The van der Waals surface area contributed by atoms with E-state index in [1.807, 2.05) is 0 Å². The van der Waals surface area contributed by atoms with Crippen molar-refractivity contribution in [3.63, 3.8) is 0 Å². The average Bonchev–Trinajstić information content (AvgIpc) is 2.49. The van der Waals surface area contributed by atoms with Gasteiger partial charge < -0.3 is 4.52 Å². The molecule has 5 nitrogen and oxygen atoms in total. The molecule has 1 N–H and O–H groups in total. The van der Waals surface area contributed by atoms with Gasteiger partial charge in [-0.2, -0.15) is 0 Å². The molecule has 0 fully saturated rings. The van der Waals surface area contributed by atoms with Crippen molar-refractivity contribution >= 4 is 10.0 Å². The summed E-state index contributed by atoms with van der Waals surface area (Å²) in [5, 5.41) is 3.59. The third kappa shape index (κ3) is 3.73. The van der Waals surface area contributed by atoms with Crippen LogP contribution in [-0.2, 0) is 15.8 Å². The molecule has 0 radical (unpaired) electrons. The number of nitrogens with zero attached hydrogens (tertiary/aromatic N) is 1. The number of sulfonamides is 1. The van der Waals surface area contributed by atoms with Crippen LogP contribution in [-0.4, -0.2) is 19.6 Å². The normalized spacial score (nSPS) is 13.4. The first kappa shape index (κ1) is 11.8. The van der Waals surface area contributed by atoms with Crippen molar-refractivity contribution in [2.24, 2.45) is 0 Å². The lowest BCUT2D eigenvalue weighted by Gasteiger charge is -2.06. The largest absolute Gasteiger partial charge is 0.361 e.